The highest BCUT2D eigenvalue weighted by Crippen LogP contribution is 1.68. The lowest BCUT2D eigenvalue weighted by Crippen LogP contribution is -3.00. The van der Waals surface area contributed by atoms with Crippen molar-refractivity contribution in [2.45, 2.75) is 33.2 Å². The summed E-state index contributed by atoms with van der Waals surface area (Å²) in [5.41, 5.74) is 4.47. The number of nitrogens with two attached hydrogens (primary N) is 1. The van der Waals surface area contributed by atoms with E-state index in [0.717, 1.165) is 0 Å². The summed E-state index contributed by atoms with van der Waals surface area (Å²) in [6.45, 7) is 5.88. The molecule has 0 aliphatic carbocycles. The van der Waals surface area contributed by atoms with E-state index < -0.39 is 0 Å². The second kappa shape index (κ2) is 6.83. The topological polar surface area (TPSA) is 45.7 Å². The molecule has 0 spiro atoms. The minimum Gasteiger partial charge on any atom is -1.00 e. The van der Waals surface area contributed by atoms with Crippen LogP contribution in [0.3, 0.4) is 0 Å². The number of rotatable bonds is 3. The SMILES string of the molecule is CCC(=O)N[NH2+]C(C)C.[Cl-]. The van der Waals surface area contributed by atoms with Crippen molar-refractivity contribution in [1.29, 1.82) is 0 Å². The van der Waals surface area contributed by atoms with Gasteiger partial charge in [-0.2, -0.15) is 0 Å². The van der Waals surface area contributed by atoms with Crippen LogP contribution < -0.4 is 23.3 Å². The first kappa shape index (κ1) is 12.4. The Bertz CT molecular complexity index is 95.7. The Morgan fingerprint density at radius 3 is 2.40 bits per heavy atom. The molecule has 0 saturated carbocycles. The molecule has 4 heteroatoms. The molecule has 0 rings (SSSR count). The standard InChI is InChI=1S/C6H14N2O.ClH/c1-4-6(9)8-7-5(2)3;/h5,7H,4H2,1-3H3,(H,8,9);1H. The summed E-state index contributed by atoms with van der Waals surface area (Å²) in [4.78, 5) is 10.6. The molecule has 0 bridgehead atoms. The average Bonchev–Trinajstić information content (AvgIpc) is 1.83. The fourth-order valence-electron chi connectivity index (χ4n) is 0.362. The Balaban J connectivity index is 0. The van der Waals surface area contributed by atoms with E-state index in [4.69, 9.17) is 0 Å². The van der Waals surface area contributed by atoms with Crippen LogP contribution >= 0.6 is 0 Å². The molecule has 0 heterocycles. The van der Waals surface area contributed by atoms with Crippen molar-refractivity contribution in [1.82, 2.24) is 5.43 Å². The fourth-order valence-corrected chi connectivity index (χ4v) is 0.362. The lowest BCUT2D eigenvalue weighted by Gasteiger charge is -2.03. The smallest absolute Gasteiger partial charge is 0.264 e. The molecule has 0 aromatic heterocycles. The number of quaternary nitrogens is 1. The van der Waals surface area contributed by atoms with E-state index >= 15 is 0 Å². The summed E-state index contributed by atoms with van der Waals surface area (Å²) in [5, 5.41) is 0. The highest BCUT2D eigenvalue weighted by molar-refractivity contribution is 5.73. The second-order valence-corrected chi connectivity index (χ2v) is 2.33. The van der Waals surface area contributed by atoms with Gasteiger partial charge in [-0.1, -0.05) is 6.92 Å². The minimum absolute atomic E-state index is 0. The van der Waals surface area contributed by atoms with Crippen molar-refractivity contribution in [2.75, 3.05) is 0 Å². The van der Waals surface area contributed by atoms with Crippen molar-refractivity contribution in [3.8, 4) is 0 Å². The molecule has 10 heavy (non-hydrogen) atoms. The summed E-state index contributed by atoms with van der Waals surface area (Å²) in [5.74, 6) is 0.0868. The van der Waals surface area contributed by atoms with Gasteiger partial charge >= 0.3 is 0 Å². The van der Waals surface area contributed by atoms with Crippen molar-refractivity contribution in [3.63, 3.8) is 0 Å². The predicted octanol–water partition coefficient (Wildman–Crippen LogP) is -3.60. The van der Waals surface area contributed by atoms with Gasteiger partial charge in [0.05, 0.1) is 0 Å². The number of halogens is 1. The van der Waals surface area contributed by atoms with Crippen LogP contribution in [-0.2, 0) is 4.79 Å². The number of carbonyl (C=O) groups is 1. The molecular weight excluding hydrogens is 152 g/mol. The molecule has 0 fully saturated rings. The Morgan fingerprint density at radius 2 is 2.10 bits per heavy atom. The molecule has 3 N–H and O–H groups in total. The first-order valence-corrected chi connectivity index (χ1v) is 3.29. The van der Waals surface area contributed by atoms with Gasteiger partial charge in [-0.25, -0.2) is 10.9 Å². The van der Waals surface area contributed by atoms with E-state index in [0.29, 0.717) is 12.5 Å². The molecule has 0 atom stereocenters. The second-order valence-electron chi connectivity index (χ2n) is 2.33. The zero-order valence-corrected chi connectivity index (χ0v) is 7.40. The number of nitrogens with one attached hydrogen (secondary N) is 1. The lowest BCUT2D eigenvalue weighted by atomic mass is 10.4. The zero-order chi connectivity index (χ0) is 7.28. The van der Waals surface area contributed by atoms with E-state index in [-0.39, 0.29) is 18.3 Å². The van der Waals surface area contributed by atoms with Crippen molar-refractivity contribution >= 4 is 5.91 Å². The Morgan fingerprint density at radius 1 is 1.60 bits per heavy atom. The maximum absolute atomic E-state index is 10.6. The summed E-state index contributed by atoms with van der Waals surface area (Å²) in [7, 11) is 0. The average molecular weight is 167 g/mol. The molecule has 0 radical (unpaired) electrons. The van der Waals surface area contributed by atoms with Crippen LogP contribution in [-0.4, -0.2) is 11.9 Å². The third-order valence-corrected chi connectivity index (χ3v) is 0.899. The van der Waals surface area contributed by atoms with Gasteiger partial charge in [0.15, 0.2) is 0 Å². The lowest BCUT2D eigenvalue weighted by molar-refractivity contribution is -0.725. The van der Waals surface area contributed by atoms with Gasteiger partial charge in [-0.05, 0) is 13.8 Å². The van der Waals surface area contributed by atoms with E-state index in [1.807, 2.05) is 20.8 Å². The highest BCUT2D eigenvalue weighted by Gasteiger charge is 1.98. The van der Waals surface area contributed by atoms with E-state index in [9.17, 15) is 4.79 Å². The summed E-state index contributed by atoms with van der Waals surface area (Å²) in [6.07, 6.45) is 0.559. The van der Waals surface area contributed by atoms with Crippen LogP contribution in [0.4, 0.5) is 0 Å². The molecule has 0 aliphatic heterocycles. The fraction of sp³-hybridized carbons (Fsp3) is 0.833. The Labute approximate surface area is 67.9 Å². The van der Waals surface area contributed by atoms with Crippen LogP contribution in [0.5, 0.6) is 0 Å². The molecule has 3 nitrogen and oxygen atoms in total. The third-order valence-electron chi connectivity index (χ3n) is 0.899. The maximum atomic E-state index is 10.6. The highest BCUT2D eigenvalue weighted by atomic mass is 35.5. The number of hydrogen-bond donors (Lipinski definition) is 2. The Hall–Kier alpha value is -0.280. The summed E-state index contributed by atoms with van der Waals surface area (Å²) >= 11 is 0. The molecule has 1 amide bonds. The largest absolute Gasteiger partial charge is 1.00 e. The maximum Gasteiger partial charge on any atom is 0.264 e. The third kappa shape index (κ3) is 7.72. The number of amides is 1. The van der Waals surface area contributed by atoms with Crippen LogP contribution in [0.1, 0.15) is 27.2 Å². The van der Waals surface area contributed by atoms with Crippen molar-refractivity contribution in [2.24, 2.45) is 0 Å². The van der Waals surface area contributed by atoms with E-state index in [2.05, 4.69) is 5.43 Å². The zero-order valence-electron chi connectivity index (χ0n) is 6.65. The number of hydrogen-bond acceptors (Lipinski definition) is 1. The van der Waals surface area contributed by atoms with Crippen molar-refractivity contribution in [3.05, 3.63) is 0 Å². The van der Waals surface area contributed by atoms with Gasteiger partial charge in [-0.3, -0.25) is 4.79 Å². The van der Waals surface area contributed by atoms with Gasteiger partial charge in [0.1, 0.15) is 6.04 Å². The van der Waals surface area contributed by atoms with Gasteiger partial charge in [0.25, 0.3) is 5.91 Å². The van der Waals surface area contributed by atoms with Gasteiger partial charge < -0.3 is 12.4 Å². The molecule has 0 unspecified atom stereocenters. The van der Waals surface area contributed by atoms with Gasteiger partial charge in [0.2, 0.25) is 0 Å². The minimum atomic E-state index is 0. The van der Waals surface area contributed by atoms with Crippen LogP contribution in [0.15, 0.2) is 0 Å². The van der Waals surface area contributed by atoms with Crippen LogP contribution in [0, 0.1) is 0 Å². The summed E-state index contributed by atoms with van der Waals surface area (Å²) in [6, 6.07) is 0.431. The molecule has 0 aromatic carbocycles. The van der Waals surface area contributed by atoms with Gasteiger partial charge in [0, 0.05) is 6.42 Å². The van der Waals surface area contributed by atoms with Crippen LogP contribution in [0.2, 0.25) is 0 Å². The normalized spacial score (nSPS) is 8.80. The van der Waals surface area contributed by atoms with E-state index in [1.54, 1.807) is 5.43 Å². The first-order valence-electron chi connectivity index (χ1n) is 3.29. The Kier molecular flexibility index (Phi) is 8.48. The van der Waals surface area contributed by atoms with Crippen LogP contribution in [0.25, 0.3) is 0 Å². The molecular formula is C6H15ClN2O. The molecule has 62 valence electrons. The van der Waals surface area contributed by atoms with Gasteiger partial charge in [-0.15, -0.1) is 0 Å². The molecule has 0 saturated heterocycles. The predicted molar refractivity (Wildman–Crippen MR) is 35.5 cm³/mol. The number of carbonyl (C=O) groups excluding carboxylic acids is 1. The monoisotopic (exact) mass is 166 g/mol. The quantitative estimate of drug-likeness (QED) is 0.254. The first-order chi connectivity index (χ1) is 4.16. The molecule has 0 aliphatic rings. The van der Waals surface area contributed by atoms with E-state index in [1.165, 1.54) is 0 Å². The van der Waals surface area contributed by atoms with Crippen molar-refractivity contribution < 1.29 is 22.6 Å². The molecule has 0 aromatic rings. The summed E-state index contributed by atoms with van der Waals surface area (Å²) < 4.78 is 0.